The van der Waals surface area contributed by atoms with Gasteiger partial charge in [0.15, 0.2) is 11.5 Å². The van der Waals surface area contributed by atoms with Crippen molar-refractivity contribution in [3.05, 3.63) is 57.2 Å². The fraction of sp³-hybridized carbons (Fsp3) is 0.348. The van der Waals surface area contributed by atoms with E-state index in [0.717, 1.165) is 0 Å². The summed E-state index contributed by atoms with van der Waals surface area (Å²) >= 11 is 0. The molecular formula is C23H27N3O6. The topological polar surface area (TPSA) is 101 Å². The van der Waals surface area contributed by atoms with Crippen LogP contribution in [0, 0.1) is 5.92 Å². The Morgan fingerprint density at radius 3 is 2.16 bits per heavy atom. The minimum Gasteiger partial charge on any atom is -0.493 e. The molecule has 1 amide bonds. The molecule has 0 aliphatic heterocycles. The Hall–Kier alpha value is -3.75. The molecule has 0 saturated carbocycles. The molecule has 0 radical (unpaired) electrons. The van der Waals surface area contributed by atoms with Gasteiger partial charge in [-0.25, -0.2) is 4.79 Å². The quantitative estimate of drug-likeness (QED) is 0.576. The van der Waals surface area contributed by atoms with Gasteiger partial charge in [-0.2, -0.15) is 0 Å². The van der Waals surface area contributed by atoms with Gasteiger partial charge in [0.1, 0.15) is 6.54 Å². The molecule has 9 heteroatoms. The number of aromatic nitrogens is 2. The van der Waals surface area contributed by atoms with Crippen molar-refractivity contribution in [2.45, 2.75) is 26.9 Å². The average Bonchev–Trinajstić information content (AvgIpc) is 2.78. The third kappa shape index (κ3) is 4.46. The third-order valence-corrected chi connectivity index (χ3v) is 4.93. The lowest BCUT2D eigenvalue weighted by atomic mass is 10.2. The maximum atomic E-state index is 13.1. The van der Waals surface area contributed by atoms with E-state index in [2.05, 4.69) is 5.32 Å². The van der Waals surface area contributed by atoms with Crippen LogP contribution in [0.1, 0.15) is 13.8 Å². The number of fused-ring (bicyclic) bond motifs is 1. The molecule has 0 fully saturated rings. The second-order valence-electron chi connectivity index (χ2n) is 7.66. The number of rotatable bonds is 8. The van der Waals surface area contributed by atoms with Crippen LogP contribution in [0.2, 0.25) is 0 Å². The van der Waals surface area contributed by atoms with Crippen molar-refractivity contribution in [1.29, 1.82) is 0 Å². The van der Waals surface area contributed by atoms with Crippen LogP contribution in [0.3, 0.4) is 0 Å². The SMILES string of the molecule is COc1cc(NC(=O)Cn2c(=O)n(CC(C)C)c(=O)c3ccccc32)cc(OC)c1OC. The summed E-state index contributed by atoms with van der Waals surface area (Å²) in [6, 6.07) is 9.96. The minimum absolute atomic E-state index is 0.0862. The fourth-order valence-corrected chi connectivity index (χ4v) is 3.55. The van der Waals surface area contributed by atoms with Crippen molar-refractivity contribution in [2.75, 3.05) is 26.6 Å². The highest BCUT2D eigenvalue weighted by Crippen LogP contribution is 2.39. The van der Waals surface area contributed by atoms with Crippen molar-refractivity contribution >= 4 is 22.5 Å². The molecule has 170 valence electrons. The van der Waals surface area contributed by atoms with E-state index < -0.39 is 11.6 Å². The molecule has 9 nitrogen and oxygen atoms in total. The lowest BCUT2D eigenvalue weighted by molar-refractivity contribution is -0.116. The van der Waals surface area contributed by atoms with Crippen molar-refractivity contribution in [2.24, 2.45) is 5.92 Å². The lowest BCUT2D eigenvalue weighted by Gasteiger charge is -2.16. The zero-order chi connectivity index (χ0) is 23.4. The summed E-state index contributed by atoms with van der Waals surface area (Å²) in [5.74, 6) is 0.811. The molecular weight excluding hydrogens is 414 g/mol. The molecule has 0 unspecified atom stereocenters. The molecule has 0 saturated heterocycles. The van der Waals surface area contributed by atoms with Crippen LogP contribution in [0.5, 0.6) is 17.2 Å². The molecule has 0 aliphatic carbocycles. The van der Waals surface area contributed by atoms with Crippen LogP contribution in [-0.2, 0) is 17.9 Å². The maximum Gasteiger partial charge on any atom is 0.331 e. The Bertz CT molecular complexity index is 1230. The second-order valence-corrected chi connectivity index (χ2v) is 7.66. The molecule has 2 aromatic carbocycles. The number of nitrogens with one attached hydrogen (secondary N) is 1. The standard InChI is InChI=1S/C23H27N3O6/c1-14(2)12-26-22(28)16-8-6-7-9-17(16)25(23(26)29)13-20(27)24-15-10-18(30-3)21(32-5)19(11-15)31-4/h6-11,14H,12-13H2,1-5H3,(H,24,27). The van der Waals surface area contributed by atoms with Gasteiger partial charge in [-0.15, -0.1) is 0 Å². The van der Waals surface area contributed by atoms with Gasteiger partial charge < -0.3 is 19.5 Å². The van der Waals surface area contributed by atoms with Crippen LogP contribution in [-0.4, -0.2) is 36.4 Å². The monoisotopic (exact) mass is 441 g/mol. The highest BCUT2D eigenvalue weighted by atomic mass is 16.5. The number of benzene rings is 2. The van der Waals surface area contributed by atoms with Gasteiger partial charge >= 0.3 is 5.69 Å². The molecule has 1 heterocycles. The van der Waals surface area contributed by atoms with Gasteiger partial charge in [0.25, 0.3) is 5.56 Å². The summed E-state index contributed by atoms with van der Waals surface area (Å²) < 4.78 is 18.4. The van der Waals surface area contributed by atoms with Crippen molar-refractivity contribution in [3.63, 3.8) is 0 Å². The minimum atomic E-state index is -0.526. The van der Waals surface area contributed by atoms with Gasteiger partial charge in [-0.05, 0) is 18.1 Å². The summed E-state index contributed by atoms with van der Waals surface area (Å²) in [5.41, 5.74) is -0.0667. The van der Waals surface area contributed by atoms with Crippen LogP contribution < -0.4 is 30.8 Å². The molecule has 1 aromatic heterocycles. The van der Waals surface area contributed by atoms with E-state index in [1.165, 1.54) is 30.5 Å². The number of amides is 1. The molecule has 0 spiro atoms. The number of methoxy groups -OCH3 is 3. The molecule has 0 aliphatic rings. The Morgan fingerprint density at radius 2 is 1.59 bits per heavy atom. The summed E-state index contributed by atoms with van der Waals surface area (Å²) in [7, 11) is 4.45. The predicted molar refractivity (Wildman–Crippen MR) is 122 cm³/mol. The number of hydrogen-bond donors (Lipinski definition) is 1. The predicted octanol–water partition coefficient (Wildman–Crippen LogP) is 2.48. The van der Waals surface area contributed by atoms with E-state index in [0.29, 0.717) is 33.8 Å². The first-order valence-electron chi connectivity index (χ1n) is 10.1. The number of carbonyl (C=O) groups excluding carboxylic acids is 1. The second kappa shape index (κ2) is 9.59. The van der Waals surface area contributed by atoms with E-state index in [1.807, 2.05) is 13.8 Å². The van der Waals surface area contributed by atoms with E-state index in [4.69, 9.17) is 14.2 Å². The van der Waals surface area contributed by atoms with E-state index in [1.54, 1.807) is 36.4 Å². The van der Waals surface area contributed by atoms with Crippen LogP contribution in [0.25, 0.3) is 10.9 Å². The number of ether oxygens (including phenoxy) is 3. The van der Waals surface area contributed by atoms with Gasteiger partial charge in [-0.1, -0.05) is 26.0 Å². The molecule has 3 rings (SSSR count). The summed E-state index contributed by atoms with van der Waals surface area (Å²) in [4.78, 5) is 38.8. The van der Waals surface area contributed by atoms with Crippen molar-refractivity contribution in [3.8, 4) is 17.2 Å². The smallest absolute Gasteiger partial charge is 0.331 e. The zero-order valence-corrected chi connectivity index (χ0v) is 18.8. The maximum absolute atomic E-state index is 13.1. The van der Waals surface area contributed by atoms with Gasteiger partial charge in [0.2, 0.25) is 11.7 Å². The number of anilines is 1. The fourth-order valence-electron chi connectivity index (χ4n) is 3.55. The lowest BCUT2D eigenvalue weighted by Crippen LogP contribution is -2.42. The molecule has 0 atom stereocenters. The van der Waals surface area contributed by atoms with E-state index in [9.17, 15) is 14.4 Å². The first-order valence-corrected chi connectivity index (χ1v) is 10.1. The average molecular weight is 441 g/mol. The Balaban J connectivity index is 2.01. The van der Waals surface area contributed by atoms with Crippen LogP contribution in [0.4, 0.5) is 5.69 Å². The molecule has 32 heavy (non-hydrogen) atoms. The van der Waals surface area contributed by atoms with Crippen molar-refractivity contribution in [1.82, 2.24) is 9.13 Å². The summed E-state index contributed by atoms with van der Waals surface area (Å²) in [6.45, 7) is 3.83. The largest absolute Gasteiger partial charge is 0.493 e. The first kappa shape index (κ1) is 22.9. The Labute approximate surface area is 185 Å². The first-order chi connectivity index (χ1) is 15.3. The summed E-state index contributed by atoms with van der Waals surface area (Å²) in [5, 5.41) is 3.14. The molecule has 3 aromatic rings. The van der Waals surface area contributed by atoms with Gasteiger partial charge in [0, 0.05) is 24.4 Å². The highest BCUT2D eigenvalue weighted by Gasteiger charge is 2.18. The van der Waals surface area contributed by atoms with E-state index in [-0.39, 0.29) is 24.6 Å². The van der Waals surface area contributed by atoms with Gasteiger partial charge in [0.05, 0.1) is 32.2 Å². The highest BCUT2D eigenvalue weighted by molar-refractivity contribution is 5.92. The summed E-state index contributed by atoms with van der Waals surface area (Å²) in [6.07, 6.45) is 0. The third-order valence-electron chi connectivity index (χ3n) is 4.93. The van der Waals surface area contributed by atoms with Crippen molar-refractivity contribution < 1.29 is 19.0 Å². The normalized spacial score (nSPS) is 10.9. The number of para-hydroxylation sites is 1. The number of hydrogen-bond acceptors (Lipinski definition) is 6. The van der Waals surface area contributed by atoms with Crippen LogP contribution >= 0.6 is 0 Å². The Kier molecular flexibility index (Phi) is 6.87. The van der Waals surface area contributed by atoms with E-state index >= 15 is 0 Å². The molecule has 0 bridgehead atoms. The Morgan fingerprint density at radius 1 is 0.969 bits per heavy atom. The number of carbonyl (C=O) groups is 1. The molecule has 1 N–H and O–H groups in total. The van der Waals surface area contributed by atoms with Crippen LogP contribution in [0.15, 0.2) is 46.0 Å². The zero-order valence-electron chi connectivity index (χ0n) is 18.8. The number of nitrogens with zero attached hydrogens (tertiary/aromatic N) is 2. The van der Waals surface area contributed by atoms with Gasteiger partial charge in [-0.3, -0.25) is 18.7 Å².